The molecule has 4 heteroatoms. The van der Waals surface area contributed by atoms with E-state index in [1.54, 1.807) is 12.1 Å². The Morgan fingerprint density at radius 3 is 2.40 bits per heavy atom. The van der Waals surface area contributed by atoms with E-state index in [0.717, 1.165) is 3.57 Å². The molecule has 10 heavy (non-hydrogen) atoms. The molecule has 0 unspecified atom stereocenters. The molecule has 0 aliphatic rings. The molecule has 0 aromatic heterocycles. The standard InChI is InChI=1S/C6H4IN3/c7-5-1-3-6(4-2-5)9-10-8/h1-4H. The van der Waals surface area contributed by atoms with Gasteiger partial charge < -0.3 is 0 Å². The van der Waals surface area contributed by atoms with Crippen molar-refractivity contribution >= 4 is 28.3 Å². The first-order valence-corrected chi connectivity index (χ1v) is 3.71. The number of hydrogen-bond donors (Lipinski definition) is 0. The summed E-state index contributed by atoms with van der Waals surface area (Å²) in [4.78, 5) is 2.66. The van der Waals surface area contributed by atoms with Crippen LogP contribution in [-0.2, 0) is 0 Å². The lowest BCUT2D eigenvalue weighted by atomic mass is 10.3. The molecule has 0 radical (unpaired) electrons. The summed E-state index contributed by atoms with van der Waals surface area (Å²) in [5.74, 6) is 0. The molecule has 0 aliphatic heterocycles. The largest absolute Gasteiger partial charge is 0.0608 e. The van der Waals surface area contributed by atoms with Crippen molar-refractivity contribution in [2.45, 2.75) is 0 Å². The third-order valence-electron chi connectivity index (χ3n) is 0.987. The van der Waals surface area contributed by atoms with E-state index in [1.165, 1.54) is 0 Å². The lowest BCUT2D eigenvalue weighted by Crippen LogP contribution is -1.65. The lowest BCUT2D eigenvalue weighted by Gasteiger charge is -1.88. The van der Waals surface area contributed by atoms with Crippen molar-refractivity contribution < 1.29 is 0 Å². The van der Waals surface area contributed by atoms with Crippen LogP contribution in [0.4, 0.5) is 5.69 Å². The Balaban J connectivity index is 3.00. The smallest absolute Gasteiger partial charge is 0.0376 e. The summed E-state index contributed by atoms with van der Waals surface area (Å²) in [5.41, 5.74) is 8.70. The quantitative estimate of drug-likeness (QED) is 0.315. The molecule has 0 spiro atoms. The molecule has 0 bridgehead atoms. The maximum atomic E-state index is 8.05. The van der Waals surface area contributed by atoms with Crippen molar-refractivity contribution in [3.05, 3.63) is 38.3 Å². The fraction of sp³-hybridized carbons (Fsp3) is 0. The van der Waals surface area contributed by atoms with Crippen LogP contribution < -0.4 is 0 Å². The van der Waals surface area contributed by atoms with Gasteiger partial charge in [-0.25, -0.2) is 0 Å². The summed E-state index contributed by atoms with van der Waals surface area (Å²) in [6, 6.07) is 7.35. The van der Waals surface area contributed by atoms with Crippen molar-refractivity contribution in [2.24, 2.45) is 5.11 Å². The monoisotopic (exact) mass is 245 g/mol. The Bertz CT molecular complexity index is 261. The molecule has 0 heterocycles. The molecule has 50 valence electrons. The fourth-order valence-corrected chi connectivity index (χ4v) is 0.919. The molecule has 0 aliphatic carbocycles. The van der Waals surface area contributed by atoms with Crippen LogP contribution in [0, 0.1) is 3.57 Å². The topological polar surface area (TPSA) is 48.8 Å². The van der Waals surface area contributed by atoms with Gasteiger partial charge in [0.15, 0.2) is 0 Å². The van der Waals surface area contributed by atoms with E-state index < -0.39 is 0 Å². The second-order valence-corrected chi connectivity index (χ2v) is 2.91. The van der Waals surface area contributed by atoms with Crippen molar-refractivity contribution in [1.29, 1.82) is 0 Å². The minimum absolute atomic E-state index is 0.655. The van der Waals surface area contributed by atoms with Crippen LogP contribution in [0.15, 0.2) is 29.4 Å². The number of halogens is 1. The first-order valence-electron chi connectivity index (χ1n) is 2.63. The Morgan fingerprint density at radius 1 is 1.30 bits per heavy atom. The summed E-state index contributed by atoms with van der Waals surface area (Å²) in [6.45, 7) is 0. The van der Waals surface area contributed by atoms with Gasteiger partial charge in [0.05, 0.1) is 0 Å². The molecule has 1 rings (SSSR count). The van der Waals surface area contributed by atoms with E-state index in [0.29, 0.717) is 5.69 Å². The van der Waals surface area contributed by atoms with Crippen molar-refractivity contribution in [1.82, 2.24) is 0 Å². The van der Waals surface area contributed by atoms with Crippen LogP contribution in [0.5, 0.6) is 0 Å². The normalized spacial score (nSPS) is 8.50. The first-order chi connectivity index (χ1) is 4.83. The molecule has 0 saturated carbocycles. The van der Waals surface area contributed by atoms with Gasteiger partial charge >= 0.3 is 0 Å². The first kappa shape index (κ1) is 7.37. The molecule has 0 atom stereocenters. The molecule has 0 N–H and O–H groups in total. The molecular formula is C6H4IN3. The van der Waals surface area contributed by atoms with Crippen LogP contribution in [-0.4, -0.2) is 0 Å². The summed E-state index contributed by atoms with van der Waals surface area (Å²) in [6.07, 6.45) is 0. The number of nitrogens with zero attached hydrogens (tertiary/aromatic N) is 3. The Labute approximate surface area is 71.8 Å². The van der Waals surface area contributed by atoms with Gasteiger partial charge in [0, 0.05) is 14.2 Å². The van der Waals surface area contributed by atoms with Gasteiger partial charge in [-0.2, -0.15) is 0 Å². The zero-order valence-corrected chi connectivity index (χ0v) is 7.19. The third kappa shape index (κ3) is 1.89. The summed E-state index contributed by atoms with van der Waals surface area (Å²) in [5, 5.41) is 3.42. The maximum absolute atomic E-state index is 8.05. The van der Waals surface area contributed by atoms with E-state index in [4.69, 9.17) is 5.53 Å². The number of benzene rings is 1. The second-order valence-electron chi connectivity index (χ2n) is 1.67. The zero-order valence-electron chi connectivity index (χ0n) is 5.03. The Kier molecular flexibility index (Phi) is 2.53. The van der Waals surface area contributed by atoms with Gasteiger partial charge in [0.2, 0.25) is 0 Å². The summed E-state index contributed by atoms with van der Waals surface area (Å²) in [7, 11) is 0. The lowest BCUT2D eigenvalue weighted by molar-refractivity contribution is 1.47. The van der Waals surface area contributed by atoms with E-state index in [9.17, 15) is 0 Å². The minimum atomic E-state index is 0.655. The maximum Gasteiger partial charge on any atom is 0.0376 e. The van der Waals surface area contributed by atoms with Crippen molar-refractivity contribution in [3.63, 3.8) is 0 Å². The van der Waals surface area contributed by atoms with Crippen molar-refractivity contribution in [3.8, 4) is 0 Å². The van der Waals surface area contributed by atoms with Gasteiger partial charge in [0.1, 0.15) is 0 Å². The average molecular weight is 245 g/mol. The van der Waals surface area contributed by atoms with Crippen LogP contribution in [0.3, 0.4) is 0 Å². The molecule has 0 fully saturated rings. The van der Waals surface area contributed by atoms with Gasteiger partial charge in [0.25, 0.3) is 0 Å². The van der Waals surface area contributed by atoms with Crippen LogP contribution in [0.25, 0.3) is 10.4 Å². The van der Waals surface area contributed by atoms with Gasteiger partial charge in [-0.1, -0.05) is 17.2 Å². The van der Waals surface area contributed by atoms with Crippen LogP contribution >= 0.6 is 22.6 Å². The number of rotatable bonds is 1. The predicted molar refractivity (Wildman–Crippen MR) is 48.0 cm³/mol. The van der Waals surface area contributed by atoms with Gasteiger partial charge in [-0.05, 0) is 40.3 Å². The van der Waals surface area contributed by atoms with Gasteiger partial charge in [-0.15, -0.1) is 0 Å². The number of hydrogen-bond acceptors (Lipinski definition) is 1. The molecular weight excluding hydrogens is 241 g/mol. The SMILES string of the molecule is [N-]=[N+]=Nc1ccc(I)cc1. The highest BCUT2D eigenvalue weighted by Gasteiger charge is 1.85. The van der Waals surface area contributed by atoms with E-state index in [1.807, 2.05) is 12.1 Å². The average Bonchev–Trinajstić information content (AvgIpc) is 1.95. The molecule has 1 aromatic carbocycles. The van der Waals surface area contributed by atoms with Gasteiger partial charge in [-0.3, -0.25) is 0 Å². The van der Waals surface area contributed by atoms with E-state index in [-0.39, 0.29) is 0 Å². The fourth-order valence-electron chi connectivity index (χ4n) is 0.559. The minimum Gasteiger partial charge on any atom is -0.0608 e. The molecule has 0 saturated heterocycles. The number of azide groups is 1. The highest BCUT2D eigenvalue weighted by Crippen LogP contribution is 2.13. The van der Waals surface area contributed by atoms with Crippen LogP contribution in [0.1, 0.15) is 0 Å². The van der Waals surface area contributed by atoms with E-state index >= 15 is 0 Å². The van der Waals surface area contributed by atoms with E-state index in [2.05, 4.69) is 32.6 Å². The summed E-state index contributed by atoms with van der Waals surface area (Å²) < 4.78 is 1.13. The summed E-state index contributed by atoms with van der Waals surface area (Å²) >= 11 is 2.19. The van der Waals surface area contributed by atoms with Crippen molar-refractivity contribution in [2.75, 3.05) is 0 Å². The molecule has 3 nitrogen and oxygen atoms in total. The highest BCUT2D eigenvalue weighted by molar-refractivity contribution is 14.1. The Morgan fingerprint density at radius 2 is 1.90 bits per heavy atom. The highest BCUT2D eigenvalue weighted by atomic mass is 127. The third-order valence-corrected chi connectivity index (χ3v) is 1.71. The Hall–Kier alpha value is -0.740. The molecule has 0 amide bonds. The second kappa shape index (κ2) is 3.43. The van der Waals surface area contributed by atoms with Crippen LogP contribution in [0.2, 0.25) is 0 Å². The predicted octanol–water partition coefficient (Wildman–Crippen LogP) is 3.23. The zero-order chi connectivity index (χ0) is 7.40. The molecule has 1 aromatic rings.